The SMILES string of the molecule is C1=Nc2cccnc2C1.C1=Nc2ccncc2C1.C1=Nc2cnccc2C1.C1=Nc2cncnc2C1.C1=Nc2cnncc2C1.C1=Nc2ncccc2C1.C1=Nc2nccnc2C1.C1=Nc2ncncc2C1.CC.CC.CC.CC.CC.CC.CC.CC. The molecule has 8 aliphatic rings. The van der Waals surface area contributed by atoms with Gasteiger partial charge >= 0.3 is 0 Å². The highest BCUT2D eigenvalue weighted by molar-refractivity contribution is 5.78. The van der Waals surface area contributed by atoms with Crippen LogP contribution in [0.2, 0.25) is 0 Å². The quantitative estimate of drug-likeness (QED) is 0.137. The van der Waals surface area contributed by atoms with Gasteiger partial charge in [0.2, 0.25) is 0 Å². The Morgan fingerprint density at radius 2 is 0.659 bits per heavy atom. The van der Waals surface area contributed by atoms with Gasteiger partial charge in [-0.1, -0.05) is 117 Å². The zero-order chi connectivity index (χ0) is 64.8. The van der Waals surface area contributed by atoms with Crippen molar-refractivity contribution in [1.29, 1.82) is 0 Å². The highest BCUT2D eigenvalue weighted by atomic mass is 15.1. The monoisotopic (exact) mass is 1190 g/mol. The third-order valence-electron chi connectivity index (χ3n) is 10.8. The Hall–Kier alpha value is -9.72. The van der Waals surface area contributed by atoms with Crippen LogP contribution in [0.4, 0.5) is 45.9 Å². The summed E-state index contributed by atoms with van der Waals surface area (Å²) in [6, 6.07) is 11.8. The second kappa shape index (κ2) is 50.6. The van der Waals surface area contributed by atoms with Gasteiger partial charge in [-0.05, 0) is 35.9 Å². The van der Waals surface area contributed by atoms with Crippen LogP contribution in [0.3, 0.4) is 0 Å². The summed E-state index contributed by atoms with van der Waals surface area (Å²) in [4.78, 5) is 72.4. The molecule has 0 fully saturated rings. The van der Waals surface area contributed by atoms with Gasteiger partial charge in [0.1, 0.15) is 18.3 Å². The van der Waals surface area contributed by atoms with E-state index in [1.165, 1.54) is 28.6 Å². The normalized spacial score (nSPS) is 11.8. The van der Waals surface area contributed by atoms with Gasteiger partial charge in [0, 0.05) is 173 Å². The molecule has 0 N–H and O–H groups in total. The van der Waals surface area contributed by atoms with Crippen LogP contribution in [0.1, 0.15) is 156 Å². The van der Waals surface area contributed by atoms with Crippen molar-refractivity contribution in [2.24, 2.45) is 39.9 Å². The number of aromatic nitrogens is 12. The maximum absolute atomic E-state index is 4.13. The van der Waals surface area contributed by atoms with E-state index in [4.69, 9.17) is 0 Å². The number of fused-ring (bicyclic) bond motifs is 8. The molecule has 0 saturated carbocycles. The molecule has 8 aromatic heterocycles. The molecule has 16 heterocycles. The second-order valence-electron chi connectivity index (χ2n) is 15.5. The first-order valence-corrected chi connectivity index (χ1v) is 30.8. The molecule has 0 bridgehead atoms. The van der Waals surface area contributed by atoms with Crippen molar-refractivity contribution in [2.45, 2.75) is 162 Å². The van der Waals surface area contributed by atoms with Gasteiger partial charge in [-0.2, -0.15) is 10.2 Å². The zero-order valence-corrected chi connectivity index (χ0v) is 54.8. The lowest BCUT2D eigenvalue weighted by Gasteiger charge is -1.90. The molecule has 0 atom stereocenters. The number of hydrogen-bond acceptors (Lipinski definition) is 20. The van der Waals surface area contributed by atoms with Crippen molar-refractivity contribution in [1.82, 2.24) is 60.0 Å². The van der Waals surface area contributed by atoms with E-state index in [2.05, 4.69) is 106 Å². The maximum atomic E-state index is 4.13. The lowest BCUT2D eigenvalue weighted by molar-refractivity contribution is 1.01. The van der Waals surface area contributed by atoms with E-state index in [1.54, 1.807) is 74.5 Å². The lowest BCUT2D eigenvalue weighted by atomic mass is 10.2. The topological polar surface area (TPSA) is 254 Å². The van der Waals surface area contributed by atoms with Gasteiger partial charge in [0.05, 0.1) is 64.6 Å². The Bertz CT molecular complexity index is 2700. The predicted octanol–water partition coefficient (Wildman–Crippen LogP) is 16.5. The molecule has 0 saturated heterocycles. The highest BCUT2D eigenvalue weighted by Crippen LogP contribution is 2.24. The molecule has 8 aromatic rings. The Morgan fingerprint density at radius 3 is 1.30 bits per heavy atom. The standard InChI is InChI=1S/4C7H6N2.4C6H5N3.8C2H6/c1-4-9-7-2-3-8-5-6(1)7;1-3-8-5-7-6(1)2-4-9-7;1-2-6-7(8-4-1)3-5-9-6;1-2-6-3-5-9-7(6)8-4-1;1-2-8-6-3-7-4-9-5(1)6;1-2-8-6-5(1)3-7-4-9-6;1-2-7-6-4-9-8-3-5(1)6;1-2-8-6-5(1)7-3-4-9-6;8*1-2/h2-5H,1H2;1,3-5H,2H2;2*1-2,4-5H,3H2;4*2-4H,1H2;8*1-2H3. The smallest absolute Gasteiger partial charge is 0.173 e. The number of nitrogens with zero attached hydrogens (tertiary/aromatic N) is 20. The van der Waals surface area contributed by atoms with Crippen molar-refractivity contribution >= 4 is 95.6 Å². The minimum Gasteiger partial charge on any atom is -0.264 e. The van der Waals surface area contributed by atoms with Gasteiger partial charge in [-0.15, -0.1) is 0 Å². The molecule has 20 heteroatoms. The summed E-state index contributed by atoms with van der Waals surface area (Å²) in [7, 11) is 0. The van der Waals surface area contributed by atoms with Crippen molar-refractivity contribution in [2.75, 3.05) is 0 Å². The Morgan fingerprint density at radius 1 is 0.239 bits per heavy atom. The van der Waals surface area contributed by atoms with E-state index in [9.17, 15) is 0 Å². The number of aliphatic imine (C=N–C) groups is 8. The summed E-state index contributed by atoms with van der Waals surface area (Å²) in [5.41, 5.74) is 14.2. The van der Waals surface area contributed by atoms with Crippen molar-refractivity contribution < 1.29 is 0 Å². The molecular weight excluding hydrogens is 1100 g/mol. The van der Waals surface area contributed by atoms with E-state index < -0.39 is 0 Å². The molecule has 0 aromatic carbocycles. The number of rotatable bonds is 0. The van der Waals surface area contributed by atoms with Crippen LogP contribution in [0.25, 0.3) is 0 Å². The van der Waals surface area contributed by atoms with Crippen LogP contribution in [0, 0.1) is 0 Å². The van der Waals surface area contributed by atoms with Crippen molar-refractivity contribution in [3.63, 3.8) is 0 Å². The maximum Gasteiger partial charge on any atom is 0.173 e. The summed E-state index contributed by atoms with van der Waals surface area (Å²) in [5.74, 6) is 2.49. The third-order valence-corrected chi connectivity index (χ3v) is 10.8. The Labute approximate surface area is 523 Å². The predicted molar refractivity (Wildman–Crippen MR) is 371 cm³/mol. The molecule has 20 nitrogen and oxygen atoms in total. The molecule has 464 valence electrons. The Kier molecular flexibility index (Phi) is 43.9. The molecule has 0 unspecified atom stereocenters. The van der Waals surface area contributed by atoms with Crippen LogP contribution in [0.15, 0.2) is 163 Å². The molecule has 88 heavy (non-hydrogen) atoms. The fourth-order valence-corrected chi connectivity index (χ4v) is 7.13. The average molecular weight is 1190 g/mol. The van der Waals surface area contributed by atoms with E-state index in [-0.39, 0.29) is 0 Å². The lowest BCUT2D eigenvalue weighted by Crippen LogP contribution is -1.84. The van der Waals surface area contributed by atoms with E-state index in [0.717, 1.165) is 120 Å². The zero-order valence-electron chi connectivity index (χ0n) is 54.8. The van der Waals surface area contributed by atoms with Gasteiger partial charge in [0.25, 0.3) is 0 Å². The van der Waals surface area contributed by atoms with Crippen LogP contribution in [0.5, 0.6) is 0 Å². The summed E-state index contributed by atoms with van der Waals surface area (Å²) < 4.78 is 0. The first-order valence-electron chi connectivity index (χ1n) is 30.8. The summed E-state index contributed by atoms with van der Waals surface area (Å²) in [5, 5.41) is 7.42. The van der Waals surface area contributed by atoms with Gasteiger partial charge in [-0.25, -0.2) is 44.9 Å². The van der Waals surface area contributed by atoms with Gasteiger partial charge in [-0.3, -0.25) is 44.9 Å². The van der Waals surface area contributed by atoms with Crippen molar-refractivity contribution in [3.05, 3.63) is 168 Å². The molecule has 0 radical (unpaired) electrons. The molecule has 8 aliphatic heterocycles. The molecule has 16 rings (SSSR count). The number of pyridine rings is 4. The minimum atomic E-state index is 0.775. The molecule has 0 spiro atoms. The van der Waals surface area contributed by atoms with Crippen LogP contribution in [-0.2, 0) is 51.4 Å². The largest absolute Gasteiger partial charge is 0.264 e. The average Bonchev–Trinajstić information content (AvgIpc) is 4.51. The Balaban J connectivity index is 0.000000486. The van der Waals surface area contributed by atoms with E-state index >= 15 is 0 Å². The summed E-state index contributed by atoms with van der Waals surface area (Å²) in [6.45, 7) is 32.0. The van der Waals surface area contributed by atoms with E-state index in [1.807, 2.05) is 197 Å². The highest BCUT2D eigenvalue weighted by Gasteiger charge is 2.09. The van der Waals surface area contributed by atoms with Crippen molar-refractivity contribution in [3.8, 4) is 0 Å². The van der Waals surface area contributed by atoms with Crippen LogP contribution in [-0.4, -0.2) is 110 Å². The summed E-state index contributed by atoms with van der Waals surface area (Å²) >= 11 is 0. The van der Waals surface area contributed by atoms with Crippen LogP contribution < -0.4 is 0 Å². The molecular formula is C68H92N20. The van der Waals surface area contributed by atoms with Gasteiger partial charge in [0.15, 0.2) is 17.5 Å². The third kappa shape index (κ3) is 27.1. The fourth-order valence-electron chi connectivity index (χ4n) is 7.13. The minimum absolute atomic E-state index is 0.775. The molecule has 0 amide bonds. The van der Waals surface area contributed by atoms with Gasteiger partial charge < -0.3 is 0 Å². The first kappa shape index (κ1) is 76.3. The summed E-state index contributed by atoms with van der Waals surface area (Å²) in [6.07, 6.45) is 46.4. The second-order valence-corrected chi connectivity index (χ2v) is 15.5. The fraction of sp³-hybridized carbons (Fsp3) is 0.353. The molecule has 0 aliphatic carbocycles. The number of hydrogen-bond donors (Lipinski definition) is 0. The first-order chi connectivity index (χ1) is 43.7. The van der Waals surface area contributed by atoms with Crippen LogP contribution >= 0.6 is 0 Å². The van der Waals surface area contributed by atoms with E-state index in [0.29, 0.717) is 0 Å².